The van der Waals surface area contributed by atoms with Gasteiger partial charge in [0.1, 0.15) is 46.0 Å². The van der Waals surface area contributed by atoms with E-state index in [1.807, 2.05) is 48.5 Å². The molecule has 8 N–H and O–H groups in total. The van der Waals surface area contributed by atoms with Crippen LogP contribution < -0.4 is 56.8 Å². The van der Waals surface area contributed by atoms with Crippen molar-refractivity contribution in [3.63, 3.8) is 0 Å². The predicted molar refractivity (Wildman–Crippen MR) is 392 cm³/mol. The number of hydrogen-bond donors (Lipinski definition) is 8. The number of rotatable bonds is 38. The van der Waals surface area contributed by atoms with E-state index in [2.05, 4.69) is 0 Å². The first-order valence-corrected chi connectivity index (χ1v) is 33.8. The number of benzene rings is 8. The fraction of sp³-hybridized carbons (Fsp3) is 0.350. The van der Waals surface area contributed by atoms with Gasteiger partial charge in [0.2, 0.25) is 23.0 Å². The standard InChI is InChI=1S/2C40H46O14/c2*1-47-33-12-23(13-34(48-2)37(33)51-5)10-25(8-7-9-53-39(45)26-16-29(41)20-30(42)17-26)28(22-54-40(46)27-18-31(43)21-32(44)19-27)11-24-14-35(49-3)38(52-6)36(15-24)50-4/h2*12-21,25,28,41-44H,7-11,22H2,1-6H3/t2*25-,28+/m10/s1. The van der Waals surface area contributed by atoms with Crippen LogP contribution in [0.15, 0.2) is 121 Å². The quantitative estimate of drug-likeness (QED) is 0.0101. The number of carbonyl (C=O) groups is 4. The van der Waals surface area contributed by atoms with Crippen molar-refractivity contribution in [2.45, 2.75) is 51.4 Å². The minimum Gasteiger partial charge on any atom is -0.508 e. The Morgan fingerprint density at radius 2 is 0.435 bits per heavy atom. The SMILES string of the molecule is COc1cc(C[C@@H](CCCOC(=O)c2cc(O)cc(O)c2)[C@H](COC(=O)c2cc(O)cc(O)c2)Cc2cc(OC)c(OC)c(OC)c2)cc(OC)c1OC.COc1cc(C[C@H](CCCOC(=O)c2cc(O)cc(O)c2)[C@@H](COC(=O)c2cc(O)cc(O)c2)Cc2cc(OC)c(OC)c(OC)c2)cc(OC)c1OC. The molecule has 0 fully saturated rings. The van der Waals surface area contributed by atoms with E-state index in [-0.39, 0.29) is 118 Å². The van der Waals surface area contributed by atoms with E-state index in [0.717, 1.165) is 46.5 Å². The van der Waals surface area contributed by atoms with Crippen LogP contribution in [-0.2, 0) is 44.6 Å². The van der Waals surface area contributed by atoms with Crippen molar-refractivity contribution < 1.29 is 136 Å². The molecular weight excluding hydrogens is 1410 g/mol. The maximum Gasteiger partial charge on any atom is 0.338 e. The van der Waals surface area contributed by atoms with Gasteiger partial charge in [0.15, 0.2) is 46.0 Å². The molecule has 4 atom stereocenters. The summed E-state index contributed by atoms with van der Waals surface area (Å²) < 4.78 is 89.7. The van der Waals surface area contributed by atoms with Crippen molar-refractivity contribution in [1.82, 2.24) is 0 Å². The van der Waals surface area contributed by atoms with Gasteiger partial charge < -0.3 is 117 Å². The summed E-state index contributed by atoms with van der Waals surface area (Å²) in [6, 6.07) is 28.6. The van der Waals surface area contributed by atoms with Gasteiger partial charge in [-0.3, -0.25) is 0 Å². The third-order valence-electron chi connectivity index (χ3n) is 17.5. The van der Waals surface area contributed by atoms with E-state index in [0.29, 0.717) is 120 Å². The van der Waals surface area contributed by atoms with Crippen LogP contribution in [0.3, 0.4) is 0 Å². The fourth-order valence-corrected chi connectivity index (χ4v) is 12.5. The summed E-state index contributed by atoms with van der Waals surface area (Å²) in [5.74, 6) is -1.37. The minimum atomic E-state index is -0.758. The molecule has 8 aromatic rings. The van der Waals surface area contributed by atoms with Crippen molar-refractivity contribution in [1.29, 1.82) is 0 Å². The molecule has 0 aromatic heterocycles. The molecule has 0 aliphatic carbocycles. The summed E-state index contributed by atoms with van der Waals surface area (Å²) in [6.45, 7) is -0.187. The molecule has 0 spiro atoms. The smallest absolute Gasteiger partial charge is 0.338 e. The van der Waals surface area contributed by atoms with Crippen LogP contribution in [-0.4, -0.2) is 176 Å². The molecular formula is C80H92O28. The number of methoxy groups -OCH3 is 12. The second-order valence-corrected chi connectivity index (χ2v) is 24.7. The van der Waals surface area contributed by atoms with Gasteiger partial charge in [-0.25, -0.2) is 19.2 Å². The van der Waals surface area contributed by atoms with Gasteiger partial charge in [-0.15, -0.1) is 0 Å². The van der Waals surface area contributed by atoms with Gasteiger partial charge >= 0.3 is 23.9 Å². The molecule has 580 valence electrons. The minimum absolute atomic E-state index is 0.000262. The first-order chi connectivity index (χ1) is 51.8. The summed E-state index contributed by atoms with van der Waals surface area (Å²) in [7, 11) is 18.2. The Morgan fingerprint density at radius 3 is 0.620 bits per heavy atom. The summed E-state index contributed by atoms with van der Waals surface area (Å²) >= 11 is 0. The van der Waals surface area contributed by atoms with Crippen molar-refractivity contribution in [2.75, 3.05) is 112 Å². The van der Waals surface area contributed by atoms with Crippen LogP contribution in [0.4, 0.5) is 0 Å². The average molecular weight is 1500 g/mol. The predicted octanol–water partition coefficient (Wildman–Crippen LogP) is 12.1. The average Bonchev–Trinajstić information content (AvgIpc) is 0.816. The zero-order chi connectivity index (χ0) is 78.7. The number of esters is 4. The molecule has 0 saturated heterocycles. The van der Waals surface area contributed by atoms with E-state index in [9.17, 15) is 60.0 Å². The zero-order valence-electron chi connectivity index (χ0n) is 62.1. The summed E-state index contributed by atoms with van der Waals surface area (Å²) in [6.07, 6.45) is 3.25. The number of aromatic hydroxyl groups is 8. The van der Waals surface area contributed by atoms with Crippen LogP contribution in [0.5, 0.6) is 115 Å². The molecule has 0 radical (unpaired) electrons. The molecule has 0 amide bonds. The molecule has 0 saturated carbocycles. The molecule has 8 rings (SSSR count). The van der Waals surface area contributed by atoms with Gasteiger partial charge in [-0.1, -0.05) is 0 Å². The van der Waals surface area contributed by atoms with Gasteiger partial charge in [0.25, 0.3) is 0 Å². The Balaban J connectivity index is 0.000000301. The molecule has 0 aliphatic heterocycles. The Hall–Kier alpha value is -12.4. The van der Waals surface area contributed by atoms with Gasteiger partial charge in [0, 0.05) is 36.1 Å². The molecule has 0 bridgehead atoms. The highest BCUT2D eigenvalue weighted by molar-refractivity contribution is 5.92. The van der Waals surface area contributed by atoms with E-state index >= 15 is 0 Å². The van der Waals surface area contributed by atoms with Crippen LogP contribution >= 0.6 is 0 Å². The maximum absolute atomic E-state index is 13.3. The van der Waals surface area contributed by atoms with Crippen LogP contribution in [0.1, 0.15) is 89.4 Å². The van der Waals surface area contributed by atoms with E-state index in [1.165, 1.54) is 134 Å². The largest absolute Gasteiger partial charge is 0.508 e. The third kappa shape index (κ3) is 22.8. The second kappa shape index (κ2) is 40.2. The number of hydrogen-bond acceptors (Lipinski definition) is 28. The third-order valence-corrected chi connectivity index (χ3v) is 17.5. The lowest BCUT2D eigenvalue weighted by atomic mass is 9.80. The first-order valence-electron chi connectivity index (χ1n) is 33.8. The highest BCUT2D eigenvalue weighted by atomic mass is 16.6. The molecule has 0 aliphatic rings. The molecule has 0 unspecified atom stereocenters. The van der Waals surface area contributed by atoms with Crippen LogP contribution in [0.2, 0.25) is 0 Å². The highest BCUT2D eigenvalue weighted by Gasteiger charge is 2.31. The normalized spacial score (nSPS) is 11.9. The Labute approximate surface area is 624 Å². The van der Waals surface area contributed by atoms with Crippen LogP contribution in [0, 0.1) is 23.7 Å². The lowest BCUT2D eigenvalue weighted by Crippen LogP contribution is -2.27. The van der Waals surface area contributed by atoms with Crippen molar-refractivity contribution in [3.8, 4) is 115 Å². The zero-order valence-corrected chi connectivity index (χ0v) is 62.1. The molecule has 28 heteroatoms. The maximum atomic E-state index is 13.3. The number of phenols is 8. The van der Waals surface area contributed by atoms with Gasteiger partial charge in [0.05, 0.1) is 134 Å². The number of ether oxygens (including phenoxy) is 16. The van der Waals surface area contributed by atoms with Crippen molar-refractivity contribution >= 4 is 23.9 Å². The second-order valence-electron chi connectivity index (χ2n) is 24.7. The van der Waals surface area contributed by atoms with Crippen molar-refractivity contribution in [3.05, 3.63) is 166 Å². The summed E-state index contributed by atoms with van der Waals surface area (Å²) in [5.41, 5.74) is 3.12. The van der Waals surface area contributed by atoms with E-state index in [1.54, 1.807) is 0 Å². The fourth-order valence-electron chi connectivity index (χ4n) is 12.5. The Kier molecular flexibility index (Phi) is 30.9. The highest BCUT2D eigenvalue weighted by Crippen LogP contribution is 2.45. The van der Waals surface area contributed by atoms with E-state index in [4.69, 9.17) is 75.8 Å². The summed E-state index contributed by atoms with van der Waals surface area (Å²) in [5, 5.41) is 79.3. The number of carbonyl (C=O) groups excluding carboxylic acids is 4. The van der Waals surface area contributed by atoms with E-state index < -0.39 is 23.9 Å². The topological polar surface area (TPSA) is 378 Å². The Morgan fingerprint density at radius 1 is 0.250 bits per heavy atom. The molecule has 28 nitrogen and oxygen atoms in total. The Bertz CT molecular complexity index is 3900. The number of phenolic OH excluding ortho intramolecular Hbond substituents is 8. The van der Waals surface area contributed by atoms with Crippen LogP contribution in [0.25, 0.3) is 0 Å². The lowest BCUT2D eigenvalue weighted by molar-refractivity contribution is 0.0358. The van der Waals surface area contributed by atoms with Crippen molar-refractivity contribution in [2.24, 2.45) is 23.7 Å². The van der Waals surface area contributed by atoms with Gasteiger partial charge in [-0.2, -0.15) is 0 Å². The molecule has 108 heavy (non-hydrogen) atoms. The van der Waals surface area contributed by atoms with Gasteiger partial charge in [-0.05, 0) is 183 Å². The molecule has 8 aromatic carbocycles. The monoisotopic (exact) mass is 1500 g/mol. The lowest BCUT2D eigenvalue weighted by Gasteiger charge is -2.28. The summed E-state index contributed by atoms with van der Waals surface area (Å²) in [4.78, 5) is 52.1. The first kappa shape index (κ1) is 82.9. The molecule has 0 heterocycles.